The molecule has 0 aromatic heterocycles. The Balaban J connectivity index is 1.73. The second-order valence-corrected chi connectivity index (χ2v) is 11.1. The van der Waals surface area contributed by atoms with Crippen LogP contribution in [-0.4, -0.2) is 62.9 Å². The fraction of sp³-hybridized carbons (Fsp3) is 0.412. The minimum absolute atomic E-state index is 0.0807. The fourth-order valence-electron chi connectivity index (χ4n) is 6.04. The number of aliphatic hydroxyl groups is 1. The molecule has 3 aromatic rings. The summed E-state index contributed by atoms with van der Waals surface area (Å²) >= 11 is 0. The Morgan fingerprint density at radius 3 is 2.56 bits per heavy atom. The zero-order chi connectivity index (χ0) is 31.0. The Kier molecular flexibility index (Phi) is 10.8. The minimum Gasteiger partial charge on any atom is -0.494 e. The number of alkyl carbamates (subject to hydrolysis) is 1. The first-order valence-corrected chi connectivity index (χ1v) is 14.7. The number of carbonyl (C=O) groups is 2. The lowest BCUT2D eigenvalue weighted by Crippen LogP contribution is -2.48. The van der Waals surface area contributed by atoms with Crippen molar-refractivity contribution in [3.8, 4) is 16.9 Å². The monoisotopic (exact) mass is 591 g/mol. The molecule has 1 heterocycles. The molecule has 9 heteroatoms. The van der Waals surface area contributed by atoms with Gasteiger partial charge in [0.2, 0.25) is 0 Å². The maximum absolute atomic E-state index is 16.1. The third-order valence-corrected chi connectivity index (χ3v) is 8.25. The second kappa shape index (κ2) is 14.5. The highest BCUT2D eigenvalue weighted by molar-refractivity contribution is 5.94. The predicted molar refractivity (Wildman–Crippen MR) is 164 cm³/mol. The summed E-state index contributed by atoms with van der Waals surface area (Å²) in [7, 11) is 4.58. The molecule has 0 saturated carbocycles. The molecule has 0 spiro atoms. The first kappa shape index (κ1) is 32.0. The van der Waals surface area contributed by atoms with E-state index in [4.69, 9.17) is 9.47 Å². The molecular weight excluding hydrogens is 549 g/mol. The summed E-state index contributed by atoms with van der Waals surface area (Å²) in [5.41, 5.74) is 2.44. The maximum Gasteiger partial charge on any atom is 0.406 e. The standard InChI is InChI=1S/C34H42FN3O5/c1-23-8-5-9-26(20-23)30-28(15-16-29(42-3)31(30)35)34(41,17-7-18-37-33(40)43-4)27-10-6-19-38(22-27)32(39)25-13-11-24(12-14-25)21-36-2/h5,8-9,11-16,20,27,36,41H,6-7,10,17-19,21-22H2,1-4H3,(H,37,40)/t27-,34+/m1/s1. The SMILES string of the molecule is CNCc1ccc(C(=O)N2CCC[C@@H]([C@@](O)(CCCNC(=O)OC)c3ccc(OC)c(F)c3-c3cccc(C)c3)C2)cc1. The molecule has 0 radical (unpaired) electrons. The molecule has 230 valence electrons. The lowest BCUT2D eigenvalue weighted by Gasteiger charge is -2.44. The quantitative estimate of drug-likeness (QED) is 0.258. The van der Waals surface area contributed by atoms with Crippen LogP contribution in [-0.2, 0) is 16.9 Å². The van der Waals surface area contributed by atoms with Crippen LogP contribution in [0.15, 0.2) is 60.7 Å². The molecule has 4 rings (SSSR count). The molecule has 2 atom stereocenters. The zero-order valence-corrected chi connectivity index (χ0v) is 25.4. The summed E-state index contributed by atoms with van der Waals surface area (Å²) in [5.74, 6) is -0.960. The van der Waals surface area contributed by atoms with Crippen LogP contribution in [0.2, 0.25) is 0 Å². The van der Waals surface area contributed by atoms with Crippen molar-refractivity contribution in [1.82, 2.24) is 15.5 Å². The van der Waals surface area contributed by atoms with Crippen LogP contribution < -0.4 is 15.4 Å². The maximum atomic E-state index is 16.1. The van der Waals surface area contributed by atoms with Crippen molar-refractivity contribution < 1.29 is 28.6 Å². The van der Waals surface area contributed by atoms with Crippen LogP contribution in [0.1, 0.15) is 52.7 Å². The van der Waals surface area contributed by atoms with E-state index in [9.17, 15) is 14.7 Å². The lowest BCUT2D eigenvalue weighted by molar-refractivity contribution is -0.0565. The number of rotatable bonds is 11. The van der Waals surface area contributed by atoms with Gasteiger partial charge in [-0.3, -0.25) is 4.79 Å². The number of hydrogen-bond donors (Lipinski definition) is 3. The van der Waals surface area contributed by atoms with Gasteiger partial charge in [0.15, 0.2) is 11.6 Å². The fourth-order valence-corrected chi connectivity index (χ4v) is 6.04. The lowest BCUT2D eigenvalue weighted by atomic mass is 9.72. The van der Waals surface area contributed by atoms with E-state index in [1.54, 1.807) is 17.0 Å². The van der Waals surface area contributed by atoms with E-state index in [1.165, 1.54) is 14.2 Å². The van der Waals surface area contributed by atoms with Crippen molar-refractivity contribution in [1.29, 1.82) is 0 Å². The van der Waals surface area contributed by atoms with Crippen LogP contribution in [0.4, 0.5) is 9.18 Å². The number of nitrogens with zero attached hydrogens (tertiary/aromatic N) is 1. The van der Waals surface area contributed by atoms with Crippen molar-refractivity contribution in [3.05, 3.63) is 88.7 Å². The predicted octanol–water partition coefficient (Wildman–Crippen LogP) is 5.41. The van der Waals surface area contributed by atoms with Crippen molar-refractivity contribution in [3.63, 3.8) is 0 Å². The van der Waals surface area contributed by atoms with E-state index in [0.717, 1.165) is 11.1 Å². The molecule has 3 aromatic carbocycles. The van der Waals surface area contributed by atoms with Gasteiger partial charge in [-0.05, 0) is 74.5 Å². The van der Waals surface area contributed by atoms with Gasteiger partial charge in [0, 0.05) is 43.2 Å². The Morgan fingerprint density at radius 2 is 1.88 bits per heavy atom. The van der Waals surface area contributed by atoms with Crippen molar-refractivity contribution >= 4 is 12.0 Å². The summed E-state index contributed by atoms with van der Waals surface area (Å²) < 4.78 is 26.1. The van der Waals surface area contributed by atoms with Crippen LogP contribution in [0.3, 0.4) is 0 Å². The molecule has 0 bridgehead atoms. The first-order valence-electron chi connectivity index (χ1n) is 14.7. The van der Waals surface area contributed by atoms with Crippen molar-refractivity contribution in [2.24, 2.45) is 5.92 Å². The third-order valence-electron chi connectivity index (χ3n) is 8.25. The van der Waals surface area contributed by atoms with E-state index in [2.05, 4.69) is 10.6 Å². The van der Waals surface area contributed by atoms with Gasteiger partial charge in [-0.25, -0.2) is 9.18 Å². The molecule has 43 heavy (non-hydrogen) atoms. The molecule has 3 N–H and O–H groups in total. The number of aryl methyl sites for hydroxylation is 1. The normalized spacial score (nSPS) is 16.3. The second-order valence-electron chi connectivity index (χ2n) is 11.1. The van der Waals surface area contributed by atoms with Gasteiger partial charge in [0.1, 0.15) is 0 Å². The number of amides is 2. The van der Waals surface area contributed by atoms with Crippen molar-refractivity contribution in [2.45, 2.75) is 44.8 Å². The van der Waals surface area contributed by atoms with Gasteiger partial charge >= 0.3 is 6.09 Å². The zero-order valence-electron chi connectivity index (χ0n) is 25.4. The highest BCUT2D eigenvalue weighted by Crippen LogP contribution is 2.46. The molecule has 1 aliphatic heterocycles. The number of ether oxygens (including phenoxy) is 2. The van der Waals surface area contributed by atoms with Gasteiger partial charge in [0.25, 0.3) is 5.91 Å². The molecular formula is C34H42FN3O5. The van der Waals surface area contributed by atoms with E-state index in [0.29, 0.717) is 55.6 Å². The minimum atomic E-state index is -1.51. The first-order chi connectivity index (χ1) is 20.7. The largest absolute Gasteiger partial charge is 0.494 e. The molecule has 1 fully saturated rings. The van der Waals surface area contributed by atoms with Crippen molar-refractivity contribution in [2.75, 3.05) is 40.9 Å². The average Bonchev–Trinajstić information content (AvgIpc) is 3.03. The Morgan fingerprint density at radius 1 is 1.12 bits per heavy atom. The van der Waals surface area contributed by atoms with Gasteiger partial charge in [-0.15, -0.1) is 0 Å². The Labute approximate surface area is 253 Å². The van der Waals surface area contributed by atoms with Crippen LogP contribution in [0.25, 0.3) is 11.1 Å². The van der Waals surface area contributed by atoms with Crippen LogP contribution in [0, 0.1) is 18.7 Å². The topological polar surface area (TPSA) is 100 Å². The van der Waals surface area contributed by atoms with E-state index in [1.807, 2.05) is 62.5 Å². The Hall–Kier alpha value is -3.95. The van der Waals surface area contributed by atoms with Crippen LogP contribution in [0.5, 0.6) is 5.75 Å². The number of halogens is 1. The number of benzene rings is 3. The number of nitrogens with one attached hydrogen (secondary N) is 2. The number of likely N-dealkylation sites (tertiary alicyclic amines) is 1. The molecule has 0 aliphatic carbocycles. The average molecular weight is 592 g/mol. The van der Waals surface area contributed by atoms with Gasteiger partial charge < -0.3 is 30.1 Å². The number of hydrogen-bond acceptors (Lipinski definition) is 6. The molecule has 1 saturated heterocycles. The van der Waals surface area contributed by atoms with E-state index >= 15 is 4.39 Å². The smallest absolute Gasteiger partial charge is 0.406 e. The molecule has 2 amide bonds. The number of piperidine rings is 1. The summed E-state index contributed by atoms with van der Waals surface area (Å²) in [6, 6.07) is 18.3. The summed E-state index contributed by atoms with van der Waals surface area (Å²) in [6.45, 7) is 3.78. The van der Waals surface area contributed by atoms with Crippen LogP contribution >= 0.6 is 0 Å². The number of methoxy groups -OCH3 is 2. The summed E-state index contributed by atoms with van der Waals surface area (Å²) in [4.78, 5) is 27.1. The van der Waals surface area contributed by atoms with Gasteiger partial charge in [-0.1, -0.05) is 48.0 Å². The number of carbonyl (C=O) groups excluding carboxylic acids is 2. The summed E-state index contributed by atoms with van der Waals surface area (Å²) in [5, 5.41) is 18.5. The highest BCUT2D eigenvalue weighted by Gasteiger charge is 2.43. The van der Waals surface area contributed by atoms with E-state index in [-0.39, 0.29) is 36.1 Å². The van der Waals surface area contributed by atoms with E-state index < -0.39 is 17.5 Å². The highest BCUT2D eigenvalue weighted by atomic mass is 19.1. The molecule has 1 aliphatic rings. The van der Waals surface area contributed by atoms with Gasteiger partial charge in [-0.2, -0.15) is 0 Å². The Bertz CT molecular complexity index is 1410. The molecule has 8 nitrogen and oxygen atoms in total. The molecule has 0 unspecified atom stereocenters. The third kappa shape index (κ3) is 7.35. The van der Waals surface area contributed by atoms with Gasteiger partial charge in [0.05, 0.1) is 19.8 Å². The summed E-state index contributed by atoms with van der Waals surface area (Å²) in [6.07, 6.45) is 1.41.